The molecule has 3 N–H and O–H groups in total. The smallest absolute Gasteiger partial charge is 0.232 e. The molecule has 4 rings (SSSR count). The van der Waals surface area contributed by atoms with E-state index in [1.807, 2.05) is 49.4 Å². The van der Waals surface area contributed by atoms with Gasteiger partial charge in [-0.3, -0.25) is 0 Å². The molecule has 1 aliphatic heterocycles. The molecule has 1 aromatic heterocycles. The molecule has 0 saturated heterocycles. The van der Waals surface area contributed by atoms with Gasteiger partial charge in [-0.05, 0) is 31.2 Å². The van der Waals surface area contributed by atoms with E-state index < -0.39 is 0 Å². The Morgan fingerprint density at radius 3 is 2.86 bits per heavy atom. The van der Waals surface area contributed by atoms with E-state index in [4.69, 9.17) is 26.8 Å². The SMILES string of the molecule is CC(SCc1cc(Cl)cc2c1OCOC2)c1nc(N)nc(Nc2ccccc2)n1. The molecule has 2 heterocycles. The number of thioether (sulfide) groups is 1. The van der Waals surface area contributed by atoms with Crippen molar-refractivity contribution in [2.75, 3.05) is 17.8 Å². The van der Waals surface area contributed by atoms with E-state index >= 15 is 0 Å². The summed E-state index contributed by atoms with van der Waals surface area (Å²) in [6.45, 7) is 2.79. The van der Waals surface area contributed by atoms with Gasteiger partial charge < -0.3 is 20.5 Å². The van der Waals surface area contributed by atoms with Gasteiger partial charge in [0, 0.05) is 27.6 Å². The van der Waals surface area contributed by atoms with Crippen molar-refractivity contribution in [3.8, 4) is 5.75 Å². The number of benzene rings is 2. The fourth-order valence-corrected chi connectivity index (χ4v) is 4.11. The van der Waals surface area contributed by atoms with E-state index in [0.29, 0.717) is 29.2 Å². The Morgan fingerprint density at radius 1 is 1.21 bits per heavy atom. The van der Waals surface area contributed by atoms with Gasteiger partial charge in [-0.2, -0.15) is 15.0 Å². The molecular weight excluding hydrogens is 410 g/mol. The molecule has 0 bridgehead atoms. The Bertz CT molecular complexity index is 1010. The van der Waals surface area contributed by atoms with E-state index in [1.54, 1.807) is 11.8 Å². The lowest BCUT2D eigenvalue weighted by Crippen LogP contribution is -2.13. The fraction of sp³-hybridized carbons (Fsp3) is 0.250. The zero-order valence-electron chi connectivity index (χ0n) is 15.8. The molecule has 0 fully saturated rings. The third kappa shape index (κ3) is 4.90. The Balaban J connectivity index is 1.49. The molecule has 3 aromatic rings. The van der Waals surface area contributed by atoms with Crippen molar-refractivity contribution in [3.63, 3.8) is 0 Å². The summed E-state index contributed by atoms with van der Waals surface area (Å²) in [5.74, 6) is 2.76. The second kappa shape index (κ2) is 8.86. The highest BCUT2D eigenvalue weighted by molar-refractivity contribution is 7.98. The maximum atomic E-state index is 6.25. The first kappa shape index (κ1) is 19.8. The molecule has 9 heteroatoms. The third-order valence-electron chi connectivity index (χ3n) is 4.30. The number of anilines is 3. The van der Waals surface area contributed by atoms with Crippen LogP contribution in [0, 0.1) is 0 Å². The molecule has 0 spiro atoms. The molecule has 0 aliphatic carbocycles. The van der Waals surface area contributed by atoms with Crippen LogP contribution >= 0.6 is 23.4 Å². The maximum Gasteiger partial charge on any atom is 0.232 e. The van der Waals surface area contributed by atoms with Gasteiger partial charge in [0.05, 0.1) is 11.9 Å². The molecule has 150 valence electrons. The predicted octanol–water partition coefficient (Wildman–Crippen LogP) is 4.71. The van der Waals surface area contributed by atoms with Gasteiger partial charge in [-0.1, -0.05) is 29.8 Å². The summed E-state index contributed by atoms with van der Waals surface area (Å²) in [6, 6.07) is 13.5. The Hall–Kier alpha value is -2.55. The van der Waals surface area contributed by atoms with E-state index in [0.717, 1.165) is 22.6 Å². The minimum atomic E-state index is -0.00824. The zero-order chi connectivity index (χ0) is 20.2. The number of hydrogen-bond acceptors (Lipinski definition) is 8. The number of para-hydroxylation sites is 1. The van der Waals surface area contributed by atoms with Gasteiger partial charge in [0.15, 0.2) is 6.79 Å². The molecule has 29 heavy (non-hydrogen) atoms. The first-order valence-electron chi connectivity index (χ1n) is 9.05. The monoisotopic (exact) mass is 429 g/mol. The Kier molecular flexibility index (Phi) is 6.03. The van der Waals surface area contributed by atoms with Crippen LogP contribution in [0.3, 0.4) is 0 Å². The first-order valence-corrected chi connectivity index (χ1v) is 10.5. The van der Waals surface area contributed by atoms with Gasteiger partial charge >= 0.3 is 0 Å². The van der Waals surface area contributed by atoms with Gasteiger partial charge in [-0.25, -0.2) is 0 Å². The van der Waals surface area contributed by atoms with Crippen LogP contribution in [0.25, 0.3) is 0 Å². The minimum Gasteiger partial charge on any atom is -0.467 e. The number of aromatic nitrogens is 3. The van der Waals surface area contributed by atoms with E-state index in [2.05, 4.69) is 20.3 Å². The molecule has 0 amide bonds. The average Bonchev–Trinajstić information content (AvgIpc) is 2.72. The summed E-state index contributed by atoms with van der Waals surface area (Å²) >= 11 is 7.93. The van der Waals surface area contributed by atoms with Crippen LogP contribution in [0.1, 0.15) is 29.1 Å². The maximum absolute atomic E-state index is 6.25. The average molecular weight is 430 g/mol. The van der Waals surface area contributed by atoms with Gasteiger partial charge in [0.1, 0.15) is 11.6 Å². The highest BCUT2D eigenvalue weighted by Gasteiger charge is 2.19. The van der Waals surface area contributed by atoms with Crippen LogP contribution < -0.4 is 15.8 Å². The van der Waals surface area contributed by atoms with Gasteiger partial charge in [0.2, 0.25) is 11.9 Å². The predicted molar refractivity (Wildman–Crippen MR) is 115 cm³/mol. The van der Waals surface area contributed by atoms with Crippen LogP contribution in [-0.4, -0.2) is 21.7 Å². The lowest BCUT2D eigenvalue weighted by Gasteiger charge is -2.21. The van der Waals surface area contributed by atoms with Crippen molar-refractivity contribution in [2.45, 2.75) is 24.5 Å². The quantitative estimate of drug-likeness (QED) is 0.581. The lowest BCUT2D eigenvalue weighted by molar-refractivity contribution is -0.0168. The number of nitrogens with two attached hydrogens (primary N) is 1. The lowest BCUT2D eigenvalue weighted by atomic mass is 10.1. The molecule has 1 aliphatic rings. The minimum absolute atomic E-state index is 0.00824. The highest BCUT2D eigenvalue weighted by Crippen LogP contribution is 2.37. The largest absolute Gasteiger partial charge is 0.467 e. The van der Waals surface area contributed by atoms with Crippen LogP contribution in [0.5, 0.6) is 5.75 Å². The van der Waals surface area contributed by atoms with E-state index in [1.165, 1.54) is 0 Å². The first-order chi connectivity index (χ1) is 14.1. The normalized spacial score (nSPS) is 14.0. The number of rotatable bonds is 6. The number of fused-ring (bicyclic) bond motifs is 1. The molecule has 0 saturated carbocycles. The van der Waals surface area contributed by atoms with Crippen molar-refractivity contribution in [3.05, 3.63) is 64.4 Å². The van der Waals surface area contributed by atoms with E-state index in [-0.39, 0.29) is 18.0 Å². The molecule has 2 aromatic carbocycles. The van der Waals surface area contributed by atoms with Crippen molar-refractivity contribution < 1.29 is 9.47 Å². The molecule has 1 unspecified atom stereocenters. The second-order valence-corrected chi connectivity index (χ2v) is 8.25. The standard InChI is InChI=1S/C20H20ClN5O2S/c1-12(29-10-14-8-15(21)7-13-9-27-11-28-17(13)14)18-24-19(22)26-20(25-18)23-16-5-3-2-4-6-16/h2-8,12H,9-11H2,1H3,(H3,22,23,24,25,26). The summed E-state index contributed by atoms with van der Waals surface area (Å²) in [5.41, 5.74) is 8.78. The van der Waals surface area contributed by atoms with Crippen LogP contribution in [0.4, 0.5) is 17.6 Å². The highest BCUT2D eigenvalue weighted by atomic mass is 35.5. The van der Waals surface area contributed by atoms with Crippen LogP contribution in [-0.2, 0) is 17.1 Å². The van der Waals surface area contributed by atoms with E-state index in [9.17, 15) is 0 Å². The van der Waals surface area contributed by atoms with Crippen LogP contribution in [0.2, 0.25) is 5.02 Å². The van der Waals surface area contributed by atoms with Crippen LogP contribution in [0.15, 0.2) is 42.5 Å². The fourth-order valence-electron chi connectivity index (χ4n) is 2.95. The Labute approximate surface area is 178 Å². The van der Waals surface area contributed by atoms with Crippen molar-refractivity contribution in [1.29, 1.82) is 0 Å². The van der Waals surface area contributed by atoms with Crippen molar-refractivity contribution in [2.24, 2.45) is 0 Å². The molecule has 7 nitrogen and oxygen atoms in total. The number of ether oxygens (including phenoxy) is 2. The van der Waals surface area contributed by atoms with Gasteiger partial charge in [-0.15, -0.1) is 11.8 Å². The summed E-state index contributed by atoms with van der Waals surface area (Å²) in [6.07, 6.45) is 0. The topological polar surface area (TPSA) is 95.2 Å². The molecular formula is C20H20ClN5O2S. The third-order valence-corrected chi connectivity index (χ3v) is 5.71. The molecule has 0 radical (unpaired) electrons. The number of hydrogen-bond donors (Lipinski definition) is 2. The number of nitrogens with one attached hydrogen (secondary N) is 1. The zero-order valence-corrected chi connectivity index (χ0v) is 17.3. The van der Waals surface area contributed by atoms with Crippen molar-refractivity contribution in [1.82, 2.24) is 15.0 Å². The number of nitrogens with zero attached hydrogens (tertiary/aromatic N) is 3. The second-order valence-electron chi connectivity index (χ2n) is 6.48. The van der Waals surface area contributed by atoms with Crippen molar-refractivity contribution >= 4 is 40.9 Å². The summed E-state index contributed by atoms with van der Waals surface area (Å²) < 4.78 is 11.0. The Morgan fingerprint density at radius 2 is 2.03 bits per heavy atom. The summed E-state index contributed by atoms with van der Waals surface area (Å²) in [7, 11) is 0. The van der Waals surface area contributed by atoms with Gasteiger partial charge in [0.25, 0.3) is 0 Å². The number of nitrogen functional groups attached to an aromatic ring is 1. The summed E-state index contributed by atoms with van der Waals surface area (Å²) in [5, 5.41) is 3.82. The summed E-state index contributed by atoms with van der Waals surface area (Å²) in [4.78, 5) is 13.0. The number of halogens is 1. The molecule has 1 atom stereocenters.